The fraction of sp³-hybridized carbons (Fsp3) is 1.00. The summed E-state index contributed by atoms with van der Waals surface area (Å²) in [6, 6.07) is 0.482. The first-order valence-corrected chi connectivity index (χ1v) is 8.19. The third kappa shape index (κ3) is 4.14. The van der Waals surface area contributed by atoms with E-state index in [2.05, 4.69) is 30.6 Å². The SMILES string of the molecule is CC(C)C(F)(F)CN1CC(N2CCN(C(C)(C)C)CC2)C1. The molecule has 2 fully saturated rings. The zero-order valence-electron chi connectivity index (χ0n) is 14.2. The molecular formula is C16H31F2N3. The summed E-state index contributed by atoms with van der Waals surface area (Å²) < 4.78 is 27.4. The first-order valence-electron chi connectivity index (χ1n) is 8.19. The Balaban J connectivity index is 1.72. The normalized spacial score (nSPS) is 24.6. The van der Waals surface area contributed by atoms with Crippen LogP contribution in [0.25, 0.3) is 0 Å². The second-order valence-corrected chi connectivity index (χ2v) is 7.96. The minimum absolute atomic E-state index is 0.0802. The van der Waals surface area contributed by atoms with Crippen molar-refractivity contribution in [3.05, 3.63) is 0 Å². The van der Waals surface area contributed by atoms with Crippen molar-refractivity contribution in [2.24, 2.45) is 5.92 Å². The van der Waals surface area contributed by atoms with E-state index in [-0.39, 0.29) is 12.1 Å². The van der Waals surface area contributed by atoms with Crippen LogP contribution < -0.4 is 0 Å². The maximum Gasteiger partial charge on any atom is 0.262 e. The molecule has 2 aliphatic rings. The Bertz CT molecular complexity index is 338. The molecule has 2 saturated heterocycles. The van der Waals surface area contributed by atoms with Gasteiger partial charge in [0, 0.05) is 56.8 Å². The summed E-state index contributed by atoms with van der Waals surface area (Å²) in [5.41, 5.74) is 0.233. The van der Waals surface area contributed by atoms with Crippen molar-refractivity contribution in [2.45, 2.75) is 52.1 Å². The van der Waals surface area contributed by atoms with Crippen LogP contribution in [0, 0.1) is 5.92 Å². The van der Waals surface area contributed by atoms with E-state index in [0.717, 1.165) is 39.3 Å². The third-order valence-electron chi connectivity index (χ3n) is 5.00. The molecule has 5 heteroatoms. The number of halogens is 2. The summed E-state index contributed by atoms with van der Waals surface area (Å²) in [6.07, 6.45) is 0. The fourth-order valence-corrected chi connectivity index (χ4v) is 3.14. The summed E-state index contributed by atoms with van der Waals surface area (Å²) in [7, 11) is 0. The third-order valence-corrected chi connectivity index (χ3v) is 5.00. The number of nitrogens with zero attached hydrogens (tertiary/aromatic N) is 3. The Morgan fingerprint density at radius 2 is 1.52 bits per heavy atom. The Morgan fingerprint density at radius 1 is 1.00 bits per heavy atom. The summed E-state index contributed by atoms with van der Waals surface area (Å²) >= 11 is 0. The summed E-state index contributed by atoms with van der Waals surface area (Å²) in [5.74, 6) is -3.14. The van der Waals surface area contributed by atoms with E-state index < -0.39 is 11.8 Å². The molecule has 21 heavy (non-hydrogen) atoms. The highest BCUT2D eigenvalue weighted by molar-refractivity contribution is 4.93. The number of hydrogen-bond donors (Lipinski definition) is 0. The van der Waals surface area contributed by atoms with Crippen LogP contribution >= 0.6 is 0 Å². The Hall–Kier alpha value is -0.260. The summed E-state index contributed by atoms with van der Waals surface area (Å²) in [4.78, 5) is 6.89. The van der Waals surface area contributed by atoms with Crippen LogP contribution in [-0.4, -0.2) is 78.0 Å². The lowest BCUT2D eigenvalue weighted by atomic mass is 10.00. The highest BCUT2D eigenvalue weighted by atomic mass is 19.3. The molecule has 0 spiro atoms. The standard InChI is InChI=1S/C16H31F2N3/c1-13(2)16(17,18)12-19-10-14(11-19)20-6-8-21(9-7-20)15(3,4)5/h13-14H,6-12H2,1-5H3. The molecule has 2 aliphatic heterocycles. The number of alkyl halides is 2. The summed E-state index contributed by atoms with van der Waals surface area (Å²) in [6.45, 7) is 15.8. The lowest BCUT2D eigenvalue weighted by Gasteiger charge is -2.50. The monoisotopic (exact) mass is 303 g/mol. The number of rotatable bonds is 4. The van der Waals surface area contributed by atoms with Crippen molar-refractivity contribution in [3.63, 3.8) is 0 Å². The largest absolute Gasteiger partial charge is 0.296 e. The zero-order valence-corrected chi connectivity index (χ0v) is 14.2. The van der Waals surface area contributed by atoms with Crippen LogP contribution in [0.15, 0.2) is 0 Å². The van der Waals surface area contributed by atoms with E-state index >= 15 is 0 Å². The van der Waals surface area contributed by atoms with Gasteiger partial charge in [-0.2, -0.15) is 0 Å². The lowest BCUT2D eigenvalue weighted by Crippen LogP contribution is -2.65. The van der Waals surface area contributed by atoms with Gasteiger partial charge in [-0.3, -0.25) is 14.7 Å². The molecule has 3 nitrogen and oxygen atoms in total. The van der Waals surface area contributed by atoms with E-state index in [1.807, 2.05) is 4.90 Å². The highest BCUT2D eigenvalue weighted by Gasteiger charge is 2.41. The zero-order chi connectivity index (χ0) is 15.8. The van der Waals surface area contributed by atoms with Crippen LogP contribution in [0.1, 0.15) is 34.6 Å². The van der Waals surface area contributed by atoms with Gasteiger partial charge in [-0.05, 0) is 20.8 Å². The second kappa shape index (κ2) is 6.09. The van der Waals surface area contributed by atoms with Crippen molar-refractivity contribution in [1.29, 1.82) is 0 Å². The average Bonchev–Trinajstić information content (AvgIpc) is 2.32. The van der Waals surface area contributed by atoms with Crippen LogP contribution in [0.3, 0.4) is 0 Å². The molecular weight excluding hydrogens is 272 g/mol. The van der Waals surface area contributed by atoms with Crippen LogP contribution in [-0.2, 0) is 0 Å². The van der Waals surface area contributed by atoms with Gasteiger partial charge in [-0.25, -0.2) is 8.78 Å². The van der Waals surface area contributed by atoms with Crippen LogP contribution in [0.4, 0.5) is 8.78 Å². The Morgan fingerprint density at radius 3 is 1.95 bits per heavy atom. The molecule has 0 aromatic heterocycles. The quantitative estimate of drug-likeness (QED) is 0.789. The number of hydrogen-bond acceptors (Lipinski definition) is 3. The molecule has 0 radical (unpaired) electrons. The molecule has 124 valence electrons. The van der Waals surface area contributed by atoms with Crippen molar-refractivity contribution in [2.75, 3.05) is 45.8 Å². The van der Waals surface area contributed by atoms with E-state index in [1.54, 1.807) is 13.8 Å². The molecule has 0 aromatic rings. The Kier molecular flexibility index (Phi) is 4.96. The van der Waals surface area contributed by atoms with Gasteiger partial charge in [0.25, 0.3) is 5.92 Å². The van der Waals surface area contributed by atoms with Crippen LogP contribution in [0.5, 0.6) is 0 Å². The minimum Gasteiger partial charge on any atom is -0.296 e. The van der Waals surface area contributed by atoms with Gasteiger partial charge >= 0.3 is 0 Å². The molecule has 2 rings (SSSR count). The molecule has 0 aliphatic carbocycles. The van der Waals surface area contributed by atoms with Crippen LogP contribution in [0.2, 0.25) is 0 Å². The van der Waals surface area contributed by atoms with Crippen molar-refractivity contribution >= 4 is 0 Å². The maximum atomic E-state index is 13.7. The number of likely N-dealkylation sites (tertiary alicyclic amines) is 1. The molecule has 0 atom stereocenters. The highest BCUT2D eigenvalue weighted by Crippen LogP contribution is 2.28. The summed E-state index contributed by atoms with van der Waals surface area (Å²) in [5, 5.41) is 0. The first kappa shape index (κ1) is 17.1. The van der Waals surface area contributed by atoms with E-state index in [0.29, 0.717) is 6.04 Å². The molecule has 2 heterocycles. The lowest BCUT2D eigenvalue weighted by molar-refractivity contribution is -0.102. The minimum atomic E-state index is -2.56. The number of piperazine rings is 1. The molecule has 0 N–H and O–H groups in total. The van der Waals surface area contributed by atoms with Gasteiger partial charge in [-0.1, -0.05) is 13.8 Å². The molecule has 0 saturated carbocycles. The predicted molar refractivity (Wildman–Crippen MR) is 82.9 cm³/mol. The van der Waals surface area contributed by atoms with E-state index in [9.17, 15) is 8.78 Å². The van der Waals surface area contributed by atoms with Gasteiger partial charge in [0.05, 0.1) is 6.54 Å². The van der Waals surface area contributed by atoms with Gasteiger partial charge in [0.15, 0.2) is 0 Å². The van der Waals surface area contributed by atoms with Gasteiger partial charge in [0.2, 0.25) is 0 Å². The van der Waals surface area contributed by atoms with Gasteiger partial charge < -0.3 is 0 Å². The first-order chi connectivity index (χ1) is 9.59. The van der Waals surface area contributed by atoms with Gasteiger partial charge in [-0.15, -0.1) is 0 Å². The Labute approximate surface area is 128 Å². The van der Waals surface area contributed by atoms with E-state index in [1.165, 1.54) is 0 Å². The predicted octanol–water partition coefficient (Wildman–Crippen LogP) is 2.38. The molecule has 0 amide bonds. The van der Waals surface area contributed by atoms with Crippen molar-refractivity contribution < 1.29 is 8.78 Å². The fourth-order valence-electron chi connectivity index (χ4n) is 3.14. The van der Waals surface area contributed by atoms with Gasteiger partial charge in [0.1, 0.15) is 0 Å². The molecule has 0 bridgehead atoms. The molecule has 0 unspecified atom stereocenters. The maximum absolute atomic E-state index is 13.7. The smallest absolute Gasteiger partial charge is 0.262 e. The van der Waals surface area contributed by atoms with E-state index in [4.69, 9.17) is 0 Å². The molecule has 0 aromatic carbocycles. The second-order valence-electron chi connectivity index (χ2n) is 7.96. The van der Waals surface area contributed by atoms with Crippen molar-refractivity contribution in [1.82, 2.24) is 14.7 Å². The average molecular weight is 303 g/mol. The topological polar surface area (TPSA) is 9.72 Å². The van der Waals surface area contributed by atoms with Crippen molar-refractivity contribution in [3.8, 4) is 0 Å².